The van der Waals surface area contributed by atoms with E-state index in [1.807, 2.05) is 0 Å². The lowest BCUT2D eigenvalue weighted by Crippen LogP contribution is -2.44. The van der Waals surface area contributed by atoms with Crippen LogP contribution in [0.1, 0.15) is 53.4 Å². The summed E-state index contributed by atoms with van der Waals surface area (Å²) in [6, 6.07) is 0.132. The molecular formula is C15H30N2O. The second-order valence-electron chi connectivity index (χ2n) is 6.14. The zero-order valence-electron chi connectivity index (χ0n) is 12.5. The van der Waals surface area contributed by atoms with Crippen LogP contribution in [0.5, 0.6) is 0 Å². The third-order valence-corrected chi connectivity index (χ3v) is 3.98. The maximum absolute atomic E-state index is 12.2. The number of hydrogen-bond acceptors (Lipinski definition) is 2. The predicted molar refractivity (Wildman–Crippen MR) is 76.5 cm³/mol. The van der Waals surface area contributed by atoms with Crippen molar-refractivity contribution in [3.05, 3.63) is 0 Å². The molecule has 1 aliphatic rings. The van der Waals surface area contributed by atoms with E-state index >= 15 is 0 Å². The molecule has 1 N–H and O–H groups in total. The molecule has 0 aromatic heterocycles. The van der Waals surface area contributed by atoms with Crippen LogP contribution in [-0.4, -0.2) is 36.5 Å². The summed E-state index contributed by atoms with van der Waals surface area (Å²) >= 11 is 0. The zero-order chi connectivity index (χ0) is 13.5. The van der Waals surface area contributed by atoms with E-state index in [1.165, 1.54) is 12.8 Å². The fourth-order valence-corrected chi connectivity index (χ4v) is 2.35. The van der Waals surface area contributed by atoms with E-state index < -0.39 is 0 Å². The summed E-state index contributed by atoms with van der Waals surface area (Å²) in [6.45, 7) is 11.8. The standard InChI is InChI=1S/C15H30N2O/c1-5-13(4)11-16-15(18)14-7-6-9-17(14)10-8-12(2)3/h12-14H,5-11H2,1-4H3,(H,16,18)/t13?,14-/m0/s1. The molecule has 18 heavy (non-hydrogen) atoms. The van der Waals surface area contributed by atoms with Gasteiger partial charge in [-0.2, -0.15) is 0 Å². The highest BCUT2D eigenvalue weighted by molar-refractivity contribution is 5.82. The van der Waals surface area contributed by atoms with Gasteiger partial charge in [0.25, 0.3) is 0 Å². The Morgan fingerprint density at radius 1 is 1.39 bits per heavy atom. The van der Waals surface area contributed by atoms with E-state index in [2.05, 4.69) is 37.9 Å². The summed E-state index contributed by atoms with van der Waals surface area (Å²) in [5, 5.41) is 3.11. The normalized spacial score (nSPS) is 22.4. The fraction of sp³-hybridized carbons (Fsp3) is 0.933. The smallest absolute Gasteiger partial charge is 0.237 e. The first-order valence-corrected chi connectivity index (χ1v) is 7.56. The van der Waals surface area contributed by atoms with Gasteiger partial charge in [-0.3, -0.25) is 9.69 Å². The SMILES string of the molecule is CCC(C)CNC(=O)[C@@H]1CCCN1CCC(C)C. The summed E-state index contributed by atoms with van der Waals surface area (Å²) in [5.74, 6) is 1.55. The van der Waals surface area contributed by atoms with Gasteiger partial charge >= 0.3 is 0 Å². The third-order valence-electron chi connectivity index (χ3n) is 3.98. The quantitative estimate of drug-likeness (QED) is 0.757. The van der Waals surface area contributed by atoms with Gasteiger partial charge in [0.15, 0.2) is 0 Å². The third kappa shape index (κ3) is 4.97. The van der Waals surface area contributed by atoms with Crippen molar-refractivity contribution in [3.8, 4) is 0 Å². The average molecular weight is 254 g/mol. The summed E-state index contributed by atoms with van der Waals surface area (Å²) in [5.41, 5.74) is 0. The van der Waals surface area contributed by atoms with Crippen molar-refractivity contribution in [1.29, 1.82) is 0 Å². The van der Waals surface area contributed by atoms with Crippen LogP contribution in [-0.2, 0) is 4.79 Å². The highest BCUT2D eigenvalue weighted by atomic mass is 16.2. The predicted octanol–water partition coefficient (Wildman–Crippen LogP) is 2.66. The minimum Gasteiger partial charge on any atom is -0.354 e. The number of likely N-dealkylation sites (tertiary alicyclic amines) is 1. The Morgan fingerprint density at radius 3 is 2.72 bits per heavy atom. The van der Waals surface area contributed by atoms with E-state index in [1.54, 1.807) is 0 Å². The van der Waals surface area contributed by atoms with Crippen molar-refractivity contribution in [3.63, 3.8) is 0 Å². The molecule has 1 amide bonds. The van der Waals surface area contributed by atoms with Crippen LogP contribution in [0.3, 0.4) is 0 Å². The second-order valence-corrected chi connectivity index (χ2v) is 6.14. The summed E-state index contributed by atoms with van der Waals surface area (Å²) in [6.07, 6.45) is 4.51. The minimum atomic E-state index is 0.132. The van der Waals surface area contributed by atoms with Crippen molar-refractivity contribution >= 4 is 5.91 Å². The molecule has 1 unspecified atom stereocenters. The van der Waals surface area contributed by atoms with Gasteiger partial charge in [-0.25, -0.2) is 0 Å². The summed E-state index contributed by atoms with van der Waals surface area (Å²) in [7, 11) is 0. The Morgan fingerprint density at radius 2 is 2.11 bits per heavy atom. The second kappa shape index (κ2) is 7.78. The molecule has 0 spiro atoms. The molecule has 2 atom stereocenters. The Hall–Kier alpha value is -0.570. The Bertz CT molecular complexity index is 253. The highest BCUT2D eigenvalue weighted by Gasteiger charge is 2.30. The number of hydrogen-bond donors (Lipinski definition) is 1. The van der Waals surface area contributed by atoms with E-state index in [4.69, 9.17) is 0 Å². The van der Waals surface area contributed by atoms with Gasteiger partial charge in [-0.15, -0.1) is 0 Å². The Kier molecular flexibility index (Phi) is 6.69. The van der Waals surface area contributed by atoms with Crippen molar-refractivity contribution in [1.82, 2.24) is 10.2 Å². The van der Waals surface area contributed by atoms with Crippen molar-refractivity contribution in [2.45, 2.75) is 59.4 Å². The fourth-order valence-electron chi connectivity index (χ4n) is 2.35. The van der Waals surface area contributed by atoms with Gasteiger partial charge < -0.3 is 5.32 Å². The molecule has 1 saturated heterocycles. The lowest BCUT2D eigenvalue weighted by atomic mass is 10.1. The van der Waals surface area contributed by atoms with Gasteiger partial charge in [0.2, 0.25) is 5.91 Å². The largest absolute Gasteiger partial charge is 0.354 e. The van der Waals surface area contributed by atoms with Crippen LogP contribution in [0.2, 0.25) is 0 Å². The molecular weight excluding hydrogens is 224 g/mol. The zero-order valence-corrected chi connectivity index (χ0v) is 12.5. The van der Waals surface area contributed by atoms with Crippen molar-refractivity contribution in [2.75, 3.05) is 19.6 Å². The topological polar surface area (TPSA) is 32.3 Å². The number of rotatable bonds is 7. The van der Waals surface area contributed by atoms with Gasteiger partial charge in [0.05, 0.1) is 6.04 Å². The van der Waals surface area contributed by atoms with Crippen LogP contribution < -0.4 is 5.32 Å². The summed E-state index contributed by atoms with van der Waals surface area (Å²) in [4.78, 5) is 14.5. The molecule has 1 aliphatic heterocycles. The molecule has 3 nitrogen and oxygen atoms in total. The molecule has 0 aromatic carbocycles. The van der Waals surface area contributed by atoms with Crippen LogP contribution in [0.15, 0.2) is 0 Å². The molecule has 106 valence electrons. The average Bonchev–Trinajstić information content (AvgIpc) is 2.81. The van der Waals surface area contributed by atoms with Crippen molar-refractivity contribution in [2.24, 2.45) is 11.8 Å². The minimum absolute atomic E-state index is 0.132. The van der Waals surface area contributed by atoms with E-state index in [-0.39, 0.29) is 11.9 Å². The maximum atomic E-state index is 12.2. The van der Waals surface area contributed by atoms with Crippen LogP contribution in [0.25, 0.3) is 0 Å². The molecule has 1 heterocycles. The number of carbonyl (C=O) groups is 1. The number of amides is 1. The lowest BCUT2D eigenvalue weighted by molar-refractivity contribution is -0.125. The maximum Gasteiger partial charge on any atom is 0.237 e. The first kappa shape index (κ1) is 15.5. The first-order valence-electron chi connectivity index (χ1n) is 7.56. The first-order chi connectivity index (χ1) is 8.54. The number of nitrogens with zero attached hydrogens (tertiary/aromatic N) is 1. The number of carbonyl (C=O) groups excluding carboxylic acids is 1. The molecule has 0 aromatic rings. The molecule has 3 heteroatoms. The van der Waals surface area contributed by atoms with Crippen molar-refractivity contribution < 1.29 is 4.79 Å². The van der Waals surface area contributed by atoms with Crippen LogP contribution >= 0.6 is 0 Å². The molecule has 0 radical (unpaired) electrons. The monoisotopic (exact) mass is 254 g/mol. The Labute approximate surface area is 112 Å². The van der Waals surface area contributed by atoms with E-state index in [9.17, 15) is 4.79 Å². The van der Waals surface area contributed by atoms with Gasteiger partial charge in [-0.05, 0) is 44.2 Å². The molecule has 1 rings (SSSR count). The van der Waals surface area contributed by atoms with Crippen LogP contribution in [0, 0.1) is 11.8 Å². The summed E-state index contributed by atoms with van der Waals surface area (Å²) < 4.78 is 0. The molecule has 0 aliphatic carbocycles. The number of nitrogens with one attached hydrogen (secondary N) is 1. The Balaban J connectivity index is 2.35. The van der Waals surface area contributed by atoms with Gasteiger partial charge in [0, 0.05) is 6.54 Å². The molecule has 0 bridgehead atoms. The van der Waals surface area contributed by atoms with E-state index in [0.717, 1.165) is 38.4 Å². The molecule has 1 fully saturated rings. The van der Waals surface area contributed by atoms with Crippen LogP contribution in [0.4, 0.5) is 0 Å². The van der Waals surface area contributed by atoms with E-state index in [0.29, 0.717) is 5.92 Å². The highest BCUT2D eigenvalue weighted by Crippen LogP contribution is 2.18. The molecule has 0 saturated carbocycles. The van der Waals surface area contributed by atoms with Gasteiger partial charge in [-0.1, -0.05) is 34.1 Å². The van der Waals surface area contributed by atoms with Gasteiger partial charge in [0.1, 0.15) is 0 Å². The lowest BCUT2D eigenvalue weighted by Gasteiger charge is -2.24.